The van der Waals surface area contributed by atoms with E-state index >= 15 is 0 Å². The molecular formula is C35H56N2O. The second-order valence-corrected chi connectivity index (χ2v) is 13.6. The van der Waals surface area contributed by atoms with Crippen LogP contribution in [0.3, 0.4) is 0 Å². The van der Waals surface area contributed by atoms with Crippen molar-refractivity contribution in [3.63, 3.8) is 0 Å². The summed E-state index contributed by atoms with van der Waals surface area (Å²) >= 11 is 0. The van der Waals surface area contributed by atoms with Crippen LogP contribution in [0.4, 0.5) is 0 Å². The number of rotatable bonds is 11. The maximum absolute atomic E-state index is 14.1. The number of likely N-dealkylation sites (tertiary alicyclic amines) is 1. The van der Waals surface area contributed by atoms with Gasteiger partial charge in [-0.2, -0.15) is 0 Å². The fraction of sp³-hybridized carbons (Fsp3) is 0.743. The van der Waals surface area contributed by atoms with Crippen LogP contribution in [0.25, 0.3) is 0 Å². The summed E-state index contributed by atoms with van der Waals surface area (Å²) in [5, 5.41) is 0. The Kier molecular flexibility index (Phi) is 12.2. The zero-order valence-electron chi connectivity index (χ0n) is 25.5. The molecule has 38 heavy (non-hydrogen) atoms. The van der Waals surface area contributed by atoms with Crippen molar-refractivity contribution in [3.05, 3.63) is 35.4 Å². The van der Waals surface area contributed by atoms with Crippen LogP contribution in [0.15, 0.2) is 24.3 Å². The molecule has 1 saturated carbocycles. The van der Waals surface area contributed by atoms with Gasteiger partial charge in [0, 0.05) is 42.6 Å². The van der Waals surface area contributed by atoms with Gasteiger partial charge in [-0.3, -0.25) is 4.79 Å². The molecule has 0 radical (unpaired) electrons. The van der Waals surface area contributed by atoms with Gasteiger partial charge in [-0.15, -0.1) is 0 Å². The number of nitrogens with zero attached hydrogens (tertiary/aromatic N) is 2. The molecule has 2 fully saturated rings. The molecule has 0 spiro atoms. The van der Waals surface area contributed by atoms with Crippen molar-refractivity contribution in [2.75, 3.05) is 19.6 Å². The quantitative estimate of drug-likeness (QED) is 0.216. The van der Waals surface area contributed by atoms with E-state index < -0.39 is 0 Å². The normalized spacial score (nSPS) is 21.2. The van der Waals surface area contributed by atoms with Crippen LogP contribution < -0.4 is 0 Å². The van der Waals surface area contributed by atoms with Crippen LogP contribution in [-0.4, -0.2) is 41.4 Å². The topological polar surface area (TPSA) is 23.6 Å². The van der Waals surface area contributed by atoms with E-state index in [1.165, 1.54) is 57.1 Å². The Morgan fingerprint density at radius 3 is 2.39 bits per heavy atom. The number of carbonyl (C=O) groups excluding carboxylic acids is 1. The maximum atomic E-state index is 14.1. The van der Waals surface area contributed by atoms with Gasteiger partial charge in [-0.05, 0) is 102 Å². The van der Waals surface area contributed by atoms with E-state index in [1.807, 2.05) is 0 Å². The van der Waals surface area contributed by atoms with Crippen molar-refractivity contribution < 1.29 is 4.79 Å². The highest BCUT2D eigenvalue weighted by atomic mass is 16.2. The lowest BCUT2D eigenvalue weighted by molar-refractivity contribution is -0.141. The van der Waals surface area contributed by atoms with Gasteiger partial charge >= 0.3 is 0 Å². The predicted octanol–water partition coefficient (Wildman–Crippen LogP) is 8.31. The molecular weight excluding hydrogens is 464 g/mol. The van der Waals surface area contributed by atoms with Crippen molar-refractivity contribution >= 4 is 5.91 Å². The van der Waals surface area contributed by atoms with E-state index in [0.29, 0.717) is 11.9 Å². The van der Waals surface area contributed by atoms with Crippen molar-refractivity contribution in [1.82, 2.24) is 9.80 Å². The van der Waals surface area contributed by atoms with Gasteiger partial charge in [0.25, 0.3) is 0 Å². The molecule has 1 amide bonds. The van der Waals surface area contributed by atoms with Gasteiger partial charge in [-0.1, -0.05) is 70.4 Å². The first-order valence-electron chi connectivity index (χ1n) is 15.8. The fourth-order valence-electron chi connectivity index (χ4n) is 6.10. The molecule has 0 aromatic heterocycles. The van der Waals surface area contributed by atoms with Crippen LogP contribution in [-0.2, 0) is 11.3 Å². The summed E-state index contributed by atoms with van der Waals surface area (Å²) in [5.41, 5.74) is 2.26. The highest BCUT2D eigenvalue weighted by Gasteiger charge is 2.34. The van der Waals surface area contributed by atoms with Crippen LogP contribution in [0.1, 0.15) is 123 Å². The van der Waals surface area contributed by atoms with E-state index in [0.717, 1.165) is 62.7 Å². The molecule has 212 valence electrons. The molecule has 1 aliphatic carbocycles. The average molecular weight is 521 g/mol. The van der Waals surface area contributed by atoms with Gasteiger partial charge in [0.15, 0.2) is 0 Å². The minimum atomic E-state index is -0.0169. The van der Waals surface area contributed by atoms with Crippen molar-refractivity contribution in [1.29, 1.82) is 0 Å². The predicted molar refractivity (Wildman–Crippen MR) is 162 cm³/mol. The highest BCUT2D eigenvalue weighted by Crippen LogP contribution is 2.34. The van der Waals surface area contributed by atoms with E-state index in [1.54, 1.807) is 0 Å². The summed E-state index contributed by atoms with van der Waals surface area (Å²) in [7, 11) is 0. The second-order valence-electron chi connectivity index (χ2n) is 13.6. The SMILES string of the molecule is CCCCCC1CCC(C(=O)N(Cc2cccc(C#CC(C)(C)C)c2)C2CCN(CCC(C)C)CC2)CC1. The minimum Gasteiger partial charge on any atom is -0.335 e. The molecule has 3 nitrogen and oxygen atoms in total. The number of piperidine rings is 1. The largest absolute Gasteiger partial charge is 0.335 e. The molecule has 0 unspecified atom stereocenters. The standard InChI is InChI=1S/C35H56N2O/c1-7-8-9-11-29-14-16-32(17-15-29)34(38)37(33-20-24-36(25-21-33)23-19-28(2)3)27-31-13-10-12-30(26-31)18-22-35(4,5)6/h10,12-13,26,28-29,32-33H,7-9,11,14-17,19-21,23-25,27H2,1-6H3. The molecule has 0 N–H and O–H groups in total. The summed E-state index contributed by atoms with van der Waals surface area (Å²) in [6.07, 6.45) is 13.4. The maximum Gasteiger partial charge on any atom is 0.226 e. The highest BCUT2D eigenvalue weighted by molar-refractivity contribution is 5.79. The zero-order chi connectivity index (χ0) is 27.5. The van der Waals surface area contributed by atoms with Gasteiger partial charge < -0.3 is 9.80 Å². The summed E-state index contributed by atoms with van der Waals surface area (Å²) in [5.74, 6) is 8.94. The number of hydrogen-bond donors (Lipinski definition) is 0. The van der Waals surface area contributed by atoms with Crippen molar-refractivity contribution in [2.45, 2.75) is 125 Å². The molecule has 1 saturated heterocycles. The van der Waals surface area contributed by atoms with Crippen LogP contribution in [0, 0.1) is 35.0 Å². The smallest absolute Gasteiger partial charge is 0.226 e. The van der Waals surface area contributed by atoms with Gasteiger partial charge in [-0.25, -0.2) is 0 Å². The third-order valence-corrected chi connectivity index (χ3v) is 8.58. The summed E-state index contributed by atoms with van der Waals surface area (Å²) in [6.45, 7) is 17.5. The molecule has 2 aliphatic rings. The third kappa shape index (κ3) is 10.4. The number of hydrogen-bond acceptors (Lipinski definition) is 2. The average Bonchev–Trinajstić information content (AvgIpc) is 2.90. The number of benzene rings is 1. The molecule has 3 heteroatoms. The van der Waals surface area contributed by atoms with Gasteiger partial charge in [0.05, 0.1) is 0 Å². The third-order valence-electron chi connectivity index (χ3n) is 8.58. The Bertz CT molecular complexity index is 902. The van der Waals surface area contributed by atoms with Gasteiger partial charge in [0.1, 0.15) is 0 Å². The van der Waals surface area contributed by atoms with Crippen LogP contribution >= 0.6 is 0 Å². The molecule has 3 rings (SSSR count). The van der Waals surface area contributed by atoms with E-state index in [4.69, 9.17) is 0 Å². The lowest BCUT2D eigenvalue weighted by Gasteiger charge is -2.41. The Labute approximate surface area is 235 Å². The Morgan fingerprint density at radius 2 is 1.76 bits per heavy atom. The summed E-state index contributed by atoms with van der Waals surface area (Å²) in [6, 6.07) is 8.96. The number of amides is 1. The Morgan fingerprint density at radius 1 is 1.05 bits per heavy atom. The minimum absolute atomic E-state index is 0.0169. The van der Waals surface area contributed by atoms with Crippen molar-refractivity contribution in [2.24, 2.45) is 23.2 Å². The van der Waals surface area contributed by atoms with Gasteiger partial charge in [0.2, 0.25) is 5.91 Å². The van der Waals surface area contributed by atoms with E-state index in [-0.39, 0.29) is 11.3 Å². The Hall–Kier alpha value is -1.79. The van der Waals surface area contributed by atoms with E-state index in [2.05, 4.69) is 87.4 Å². The van der Waals surface area contributed by atoms with Crippen LogP contribution in [0.5, 0.6) is 0 Å². The molecule has 0 bridgehead atoms. The second kappa shape index (κ2) is 15.1. The van der Waals surface area contributed by atoms with Crippen molar-refractivity contribution in [3.8, 4) is 11.8 Å². The zero-order valence-corrected chi connectivity index (χ0v) is 25.5. The summed E-state index contributed by atoms with van der Waals surface area (Å²) in [4.78, 5) is 19.0. The first-order valence-corrected chi connectivity index (χ1v) is 15.8. The van der Waals surface area contributed by atoms with Crippen LogP contribution in [0.2, 0.25) is 0 Å². The molecule has 1 aromatic rings. The molecule has 1 aromatic carbocycles. The number of carbonyl (C=O) groups is 1. The lowest BCUT2D eigenvalue weighted by Crippen LogP contribution is -2.49. The first-order chi connectivity index (χ1) is 18.1. The lowest BCUT2D eigenvalue weighted by atomic mass is 9.79. The van der Waals surface area contributed by atoms with E-state index in [9.17, 15) is 4.79 Å². The first kappa shape index (κ1) is 30.7. The fourth-order valence-corrected chi connectivity index (χ4v) is 6.10. The molecule has 1 heterocycles. The molecule has 1 aliphatic heterocycles. The molecule has 0 atom stereocenters. The summed E-state index contributed by atoms with van der Waals surface area (Å²) < 4.78 is 0. The number of unbranched alkanes of at least 4 members (excludes halogenated alkanes) is 2. The monoisotopic (exact) mass is 520 g/mol. The Balaban J connectivity index is 1.69.